The minimum absolute atomic E-state index is 0. The minimum Gasteiger partial charge on any atom is -0.357 e. The SMILES string of the molecule is CCNC(=NCc1ccccc1F)NCCC(=O)NC(C)CC.I. The molecule has 136 valence electrons. The zero-order chi connectivity index (χ0) is 17.1. The zero-order valence-electron chi connectivity index (χ0n) is 14.6. The van der Waals surface area contributed by atoms with Crippen LogP contribution in [0, 0.1) is 5.82 Å². The van der Waals surface area contributed by atoms with E-state index in [9.17, 15) is 9.18 Å². The Hall–Kier alpha value is -1.38. The molecule has 0 bridgehead atoms. The predicted octanol–water partition coefficient (Wildman–Crippen LogP) is 2.80. The fourth-order valence-corrected chi connectivity index (χ4v) is 1.88. The summed E-state index contributed by atoms with van der Waals surface area (Å²) < 4.78 is 13.6. The lowest BCUT2D eigenvalue weighted by molar-refractivity contribution is -0.121. The van der Waals surface area contributed by atoms with Crippen molar-refractivity contribution in [3.63, 3.8) is 0 Å². The molecular weight excluding hydrogens is 422 g/mol. The van der Waals surface area contributed by atoms with Crippen molar-refractivity contribution < 1.29 is 9.18 Å². The van der Waals surface area contributed by atoms with Gasteiger partial charge >= 0.3 is 0 Å². The summed E-state index contributed by atoms with van der Waals surface area (Å²) in [6.45, 7) is 7.39. The van der Waals surface area contributed by atoms with Crippen LogP contribution in [0.1, 0.15) is 39.2 Å². The molecule has 24 heavy (non-hydrogen) atoms. The summed E-state index contributed by atoms with van der Waals surface area (Å²) in [6.07, 6.45) is 1.28. The lowest BCUT2D eigenvalue weighted by atomic mass is 10.2. The number of carbonyl (C=O) groups excluding carboxylic acids is 1. The first-order valence-electron chi connectivity index (χ1n) is 8.11. The number of amides is 1. The van der Waals surface area contributed by atoms with Gasteiger partial charge in [-0.3, -0.25) is 4.79 Å². The summed E-state index contributed by atoms with van der Waals surface area (Å²) in [5.74, 6) is 0.323. The largest absolute Gasteiger partial charge is 0.357 e. The van der Waals surface area contributed by atoms with Crippen LogP contribution in [0.15, 0.2) is 29.3 Å². The molecule has 0 saturated heterocycles. The Morgan fingerprint density at radius 3 is 2.58 bits per heavy atom. The molecule has 0 aliphatic heterocycles. The molecule has 0 saturated carbocycles. The maximum atomic E-state index is 13.6. The maximum Gasteiger partial charge on any atom is 0.221 e. The highest BCUT2D eigenvalue weighted by Gasteiger charge is 2.06. The molecule has 1 atom stereocenters. The van der Waals surface area contributed by atoms with Crippen LogP contribution in [0.3, 0.4) is 0 Å². The lowest BCUT2D eigenvalue weighted by Gasteiger charge is -2.13. The Morgan fingerprint density at radius 2 is 1.96 bits per heavy atom. The minimum atomic E-state index is -0.264. The summed E-state index contributed by atoms with van der Waals surface area (Å²) in [6, 6.07) is 6.76. The molecule has 0 spiro atoms. The van der Waals surface area contributed by atoms with Gasteiger partial charge in [0.1, 0.15) is 5.82 Å². The second kappa shape index (κ2) is 13.0. The van der Waals surface area contributed by atoms with Gasteiger partial charge in [0.05, 0.1) is 6.54 Å². The first kappa shape index (κ1) is 22.6. The molecule has 3 N–H and O–H groups in total. The molecule has 1 amide bonds. The van der Waals surface area contributed by atoms with Gasteiger partial charge < -0.3 is 16.0 Å². The van der Waals surface area contributed by atoms with Gasteiger partial charge in [-0.2, -0.15) is 0 Å². The summed E-state index contributed by atoms with van der Waals surface area (Å²) in [5, 5.41) is 9.08. The van der Waals surface area contributed by atoms with E-state index in [4.69, 9.17) is 0 Å². The van der Waals surface area contributed by atoms with Crippen LogP contribution >= 0.6 is 24.0 Å². The molecule has 0 aliphatic carbocycles. The van der Waals surface area contributed by atoms with E-state index in [1.165, 1.54) is 6.07 Å². The second-order valence-electron chi connectivity index (χ2n) is 5.34. The highest BCUT2D eigenvalue weighted by atomic mass is 127. The monoisotopic (exact) mass is 450 g/mol. The standard InChI is InChI=1S/C17H27FN4O.HI/c1-4-13(3)22-16(23)10-11-20-17(19-5-2)21-12-14-8-6-7-9-15(14)18;/h6-9,13H,4-5,10-12H2,1-3H3,(H,22,23)(H2,19,20,21);1H. The van der Waals surface area contributed by atoms with E-state index in [1.54, 1.807) is 18.2 Å². The van der Waals surface area contributed by atoms with Crippen molar-refractivity contribution in [2.45, 2.75) is 46.2 Å². The quantitative estimate of drug-likeness (QED) is 0.324. The predicted molar refractivity (Wildman–Crippen MR) is 107 cm³/mol. The number of aliphatic imine (C=N–C) groups is 1. The Labute approximate surface area is 160 Å². The van der Waals surface area contributed by atoms with Crippen molar-refractivity contribution in [1.29, 1.82) is 0 Å². The van der Waals surface area contributed by atoms with Crippen LogP contribution in [0.5, 0.6) is 0 Å². The molecule has 0 aromatic heterocycles. The molecule has 5 nitrogen and oxygen atoms in total. The number of nitrogens with zero attached hydrogens (tertiary/aromatic N) is 1. The van der Waals surface area contributed by atoms with Gasteiger partial charge in [-0.25, -0.2) is 9.38 Å². The van der Waals surface area contributed by atoms with Crippen LogP contribution < -0.4 is 16.0 Å². The lowest BCUT2D eigenvalue weighted by Crippen LogP contribution is -2.40. The number of hydrogen-bond acceptors (Lipinski definition) is 2. The molecular formula is C17H28FIN4O. The van der Waals surface area contributed by atoms with E-state index in [0.29, 0.717) is 31.0 Å². The number of guanidine groups is 1. The number of hydrogen-bond donors (Lipinski definition) is 3. The summed E-state index contributed by atoms with van der Waals surface area (Å²) in [7, 11) is 0. The summed E-state index contributed by atoms with van der Waals surface area (Å²) >= 11 is 0. The van der Waals surface area contributed by atoms with Gasteiger partial charge in [-0.1, -0.05) is 25.1 Å². The van der Waals surface area contributed by atoms with Crippen LogP contribution in [-0.2, 0) is 11.3 Å². The van der Waals surface area contributed by atoms with E-state index < -0.39 is 0 Å². The molecule has 0 radical (unpaired) electrons. The molecule has 1 rings (SSSR count). The summed E-state index contributed by atoms with van der Waals surface area (Å²) in [5.41, 5.74) is 0.541. The Balaban J connectivity index is 0.00000529. The number of benzene rings is 1. The van der Waals surface area contributed by atoms with Crippen molar-refractivity contribution in [3.8, 4) is 0 Å². The maximum absolute atomic E-state index is 13.6. The number of carbonyl (C=O) groups is 1. The fourth-order valence-electron chi connectivity index (χ4n) is 1.88. The van der Waals surface area contributed by atoms with Crippen molar-refractivity contribution in [2.75, 3.05) is 13.1 Å². The summed E-state index contributed by atoms with van der Waals surface area (Å²) in [4.78, 5) is 16.1. The van der Waals surface area contributed by atoms with Gasteiger partial charge in [-0.05, 0) is 26.3 Å². The van der Waals surface area contributed by atoms with Gasteiger partial charge in [-0.15, -0.1) is 24.0 Å². The van der Waals surface area contributed by atoms with Crippen molar-refractivity contribution in [2.24, 2.45) is 4.99 Å². The molecule has 0 fully saturated rings. The van der Waals surface area contributed by atoms with E-state index in [-0.39, 0.29) is 48.3 Å². The molecule has 1 unspecified atom stereocenters. The number of rotatable bonds is 8. The normalized spacial score (nSPS) is 12.1. The van der Waals surface area contributed by atoms with Crippen LogP contribution in [-0.4, -0.2) is 31.0 Å². The highest BCUT2D eigenvalue weighted by Crippen LogP contribution is 2.07. The third-order valence-corrected chi connectivity index (χ3v) is 3.37. The topological polar surface area (TPSA) is 65.5 Å². The average molecular weight is 450 g/mol. The van der Waals surface area contributed by atoms with Crippen LogP contribution in [0.2, 0.25) is 0 Å². The van der Waals surface area contributed by atoms with Gasteiger partial charge in [0.2, 0.25) is 5.91 Å². The highest BCUT2D eigenvalue weighted by molar-refractivity contribution is 14.0. The Bertz CT molecular complexity index is 525. The third kappa shape index (κ3) is 9.05. The first-order valence-corrected chi connectivity index (χ1v) is 8.11. The van der Waals surface area contributed by atoms with Gasteiger partial charge in [0.25, 0.3) is 0 Å². The van der Waals surface area contributed by atoms with Crippen LogP contribution in [0.25, 0.3) is 0 Å². The number of nitrogens with one attached hydrogen (secondary N) is 3. The van der Waals surface area contributed by atoms with Crippen molar-refractivity contribution in [3.05, 3.63) is 35.6 Å². The second-order valence-corrected chi connectivity index (χ2v) is 5.34. The van der Waals surface area contributed by atoms with Crippen molar-refractivity contribution >= 4 is 35.8 Å². The molecule has 7 heteroatoms. The molecule has 1 aromatic rings. The fraction of sp³-hybridized carbons (Fsp3) is 0.529. The Morgan fingerprint density at radius 1 is 1.25 bits per heavy atom. The average Bonchev–Trinajstić information content (AvgIpc) is 2.53. The van der Waals surface area contributed by atoms with E-state index >= 15 is 0 Å². The Kier molecular flexibility index (Phi) is 12.2. The third-order valence-electron chi connectivity index (χ3n) is 3.37. The smallest absolute Gasteiger partial charge is 0.221 e. The van der Waals surface area contributed by atoms with Crippen LogP contribution in [0.4, 0.5) is 4.39 Å². The number of halogens is 2. The van der Waals surface area contributed by atoms with E-state index in [0.717, 1.165) is 6.42 Å². The van der Waals surface area contributed by atoms with Gasteiger partial charge in [0, 0.05) is 31.1 Å². The van der Waals surface area contributed by atoms with Crippen molar-refractivity contribution in [1.82, 2.24) is 16.0 Å². The molecule has 1 aromatic carbocycles. The molecule has 0 aliphatic rings. The van der Waals surface area contributed by atoms with Gasteiger partial charge in [0.15, 0.2) is 5.96 Å². The zero-order valence-corrected chi connectivity index (χ0v) is 16.9. The first-order chi connectivity index (χ1) is 11.1. The molecule has 0 heterocycles. The van der Waals surface area contributed by atoms with E-state index in [2.05, 4.69) is 20.9 Å². The van der Waals surface area contributed by atoms with E-state index in [1.807, 2.05) is 20.8 Å².